The molecule has 2 N–H and O–H groups in total. The van der Waals surface area contributed by atoms with E-state index in [0.717, 1.165) is 11.3 Å². The molecule has 0 aliphatic carbocycles. The van der Waals surface area contributed by atoms with Crippen LogP contribution in [0.25, 0.3) is 0 Å². The van der Waals surface area contributed by atoms with Crippen molar-refractivity contribution >= 4 is 39.9 Å². The predicted octanol–water partition coefficient (Wildman–Crippen LogP) is 1.60. The van der Waals surface area contributed by atoms with E-state index in [0.29, 0.717) is 0 Å². The number of aromatic nitrogens is 1. The Labute approximate surface area is 151 Å². The third-order valence-corrected chi connectivity index (χ3v) is 4.01. The van der Waals surface area contributed by atoms with Crippen molar-refractivity contribution in [3.8, 4) is 0 Å². The molecule has 0 bridgehead atoms. The number of methoxy groups -OCH3 is 1. The fourth-order valence-electron chi connectivity index (χ4n) is 1.83. The van der Waals surface area contributed by atoms with E-state index >= 15 is 0 Å². The fraction of sp³-hybridized carbons (Fsp3) is 0.200. The van der Waals surface area contributed by atoms with Crippen LogP contribution in [0.5, 0.6) is 0 Å². The van der Waals surface area contributed by atoms with Crippen LogP contribution < -0.4 is 10.6 Å². The summed E-state index contributed by atoms with van der Waals surface area (Å²) >= 11 is 0.974. The van der Waals surface area contributed by atoms with Crippen molar-refractivity contribution < 1.29 is 24.0 Å². The molecule has 11 heteroatoms. The van der Waals surface area contributed by atoms with E-state index in [2.05, 4.69) is 20.4 Å². The first-order valence-corrected chi connectivity index (χ1v) is 8.09. The van der Waals surface area contributed by atoms with Gasteiger partial charge in [0.15, 0.2) is 5.13 Å². The Morgan fingerprint density at radius 1 is 1.27 bits per heavy atom. The molecule has 10 nitrogen and oxygen atoms in total. The number of thiazole rings is 1. The molecule has 136 valence electrons. The molecule has 2 rings (SSSR count). The predicted molar refractivity (Wildman–Crippen MR) is 92.1 cm³/mol. The van der Waals surface area contributed by atoms with Gasteiger partial charge in [-0.25, -0.2) is 9.78 Å². The number of esters is 1. The number of nitrogens with zero attached hydrogens (tertiary/aromatic N) is 2. The van der Waals surface area contributed by atoms with Crippen molar-refractivity contribution in [2.24, 2.45) is 0 Å². The molecular formula is C15H14N4O6S. The number of rotatable bonds is 7. The van der Waals surface area contributed by atoms with Crippen LogP contribution >= 0.6 is 11.3 Å². The fourth-order valence-corrected chi connectivity index (χ4v) is 2.59. The van der Waals surface area contributed by atoms with Gasteiger partial charge in [0.1, 0.15) is 4.88 Å². The second-order valence-electron chi connectivity index (χ2n) is 4.88. The van der Waals surface area contributed by atoms with Crippen molar-refractivity contribution in [3.05, 3.63) is 51.0 Å². The Bertz CT molecular complexity index is 833. The molecule has 2 aromatic rings. The zero-order valence-corrected chi connectivity index (χ0v) is 14.4. The molecule has 0 aliphatic heterocycles. The maximum Gasteiger partial charge on any atom is 0.349 e. The highest BCUT2D eigenvalue weighted by atomic mass is 32.1. The maximum atomic E-state index is 11.9. The van der Waals surface area contributed by atoms with Gasteiger partial charge in [-0.05, 0) is 12.1 Å². The SMILES string of the molecule is COC(=O)c1cnc(NC(=O)CCNC(=O)c2ccc([N+](=O)[O-])cc2)s1. The molecule has 0 spiro atoms. The molecule has 1 aromatic carbocycles. The number of hydrogen-bond donors (Lipinski definition) is 2. The van der Waals surface area contributed by atoms with Crippen molar-refractivity contribution in [2.45, 2.75) is 6.42 Å². The number of nitrogens with one attached hydrogen (secondary N) is 2. The highest BCUT2D eigenvalue weighted by molar-refractivity contribution is 7.17. The van der Waals surface area contributed by atoms with Gasteiger partial charge in [0.2, 0.25) is 5.91 Å². The maximum absolute atomic E-state index is 11.9. The van der Waals surface area contributed by atoms with Gasteiger partial charge in [-0.15, -0.1) is 0 Å². The number of nitro groups is 1. The lowest BCUT2D eigenvalue weighted by Crippen LogP contribution is -2.27. The zero-order chi connectivity index (χ0) is 19.1. The number of carbonyl (C=O) groups is 3. The quantitative estimate of drug-likeness (QED) is 0.423. The molecule has 0 atom stereocenters. The van der Waals surface area contributed by atoms with Crippen LogP contribution in [0, 0.1) is 10.1 Å². The molecule has 0 aliphatic rings. The third kappa shape index (κ3) is 5.08. The van der Waals surface area contributed by atoms with Gasteiger partial charge in [-0.3, -0.25) is 19.7 Å². The number of non-ortho nitro benzene ring substituents is 1. The van der Waals surface area contributed by atoms with Gasteiger partial charge in [0.05, 0.1) is 18.2 Å². The lowest BCUT2D eigenvalue weighted by molar-refractivity contribution is -0.384. The summed E-state index contributed by atoms with van der Waals surface area (Å²) in [4.78, 5) is 49.2. The number of hydrogen-bond acceptors (Lipinski definition) is 8. The molecule has 2 amide bonds. The van der Waals surface area contributed by atoms with E-state index < -0.39 is 16.8 Å². The van der Waals surface area contributed by atoms with E-state index in [1.54, 1.807) is 0 Å². The minimum Gasteiger partial charge on any atom is -0.465 e. The monoisotopic (exact) mass is 378 g/mol. The first-order chi connectivity index (χ1) is 12.4. The van der Waals surface area contributed by atoms with E-state index in [1.165, 1.54) is 37.6 Å². The molecule has 1 heterocycles. The molecule has 0 saturated heterocycles. The molecule has 0 saturated carbocycles. The number of ether oxygens (including phenoxy) is 1. The summed E-state index contributed by atoms with van der Waals surface area (Å²) in [6, 6.07) is 5.11. The van der Waals surface area contributed by atoms with E-state index in [9.17, 15) is 24.5 Å². The first kappa shape index (κ1) is 19.0. The Morgan fingerprint density at radius 2 is 1.96 bits per heavy atom. The van der Waals surface area contributed by atoms with Gasteiger partial charge in [-0.1, -0.05) is 11.3 Å². The largest absolute Gasteiger partial charge is 0.465 e. The van der Waals surface area contributed by atoms with E-state index in [1.807, 2.05) is 0 Å². The van der Waals surface area contributed by atoms with Gasteiger partial charge >= 0.3 is 5.97 Å². The summed E-state index contributed by atoms with van der Waals surface area (Å²) in [7, 11) is 1.24. The summed E-state index contributed by atoms with van der Waals surface area (Å²) in [5.41, 5.74) is 0.134. The smallest absolute Gasteiger partial charge is 0.349 e. The third-order valence-electron chi connectivity index (χ3n) is 3.12. The second kappa shape index (κ2) is 8.67. The van der Waals surface area contributed by atoms with Crippen LogP contribution in [0.4, 0.5) is 10.8 Å². The molecule has 0 radical (unpaired) electrons. The van der Waals surface area contributed by atoms with Gasteiger partial charge < -0.3 is 15.4 Å². The lowest BCUT2D eigenvalue weighted by atomic mass is 10.2. The number of anilines is 1. The topological polar surface area (TPSA) is 141 Å². The van der Waals surface area contributed by atoms with Gasteiger partial charge in [0.25, 0.3) is 11.6 Å². The summed E-state index contributed by atoms with van der Waals surface area (Å²) in [5, 5.41) is 15.9. The van der Waals surface area contributed by atoms with Gasteiger partial charge in [-0.2, -0.15) is 0 Å². The van der Waals surface area contributed by atoms with E-state index in [4.69, 9.17) is 0 Å². The standard InChI is InChI=1S/C15H14N4O6S/c1-25-14(22)11-8-17-15(26-11)18-12(20)6-7-16-13(21)9-2-4-10(5-3-9)19(23)24/h2-5,8H,6-7H2,1H3,(H,16,21)(H,17,18,20). The summed E-state index contributed by atoms with van der Waals surface area (Å²) in [6.07, 6.45) is 1.29. The number of amides is 2. The van der Waals surface area contributed by atoms with E-state index in [-0.39, 0.29) is 40.1 Å². The molecule has 0 fully saturated rings. The Kier molecular flexibility index (Phi) is 6.33. The van der Waals surface area contributed by atoms with Crippen molar-refractivity contribution in [1.82, 2.24) is 10.3 Å². The Balaban J connectivity index is 1.78. The van der Waals surface area contributed by atoms with Crippen molar-refractivity contribution in [2.75, 3.05) is 19.0 Å². The minimum atomic E-state index is -0.559. The highest BCUT2D eigenvalue weighted by Gasteiger charge is 2.13. The molecular weight excluding hydrogens is 364 g/mol. The summed E-state index contributed by atoms with van der Waals surface area (Å²) in [5.74, 6) is -1.38. The Hall–Kier alpha value is -3.34. The van der Waals surface area contributed by atoms with Gasteiger partial charge in [0, 0.05) is 30.7 Å². The van der Waals surface area contributed by atoms with Crippen molar-refractivity contribution in [3.63, 3.8) is 0 Å². The van der Waals surface area contributed by atoms with Crippen LogP contribution in [0.3, 0.4) is 0 Å². The second-order valence-corrected chi connectivity index (χ2v) is 5.91. The van der Waals surface area contributed by atoms with Crippen LogP contribution in [-0.4, -0.2) is 41.3 Å². The Morgan fingerprint density at radius 3 is 2.58 bits per heavy atom. The minimum absolute atomic E-state index is 0.00808. The molecule has 0 unspecified atom stereocenters. The molecule has 1 aromatic heterocycles. The van der Waals surface area contributed by atoms with Crippen LogP contribution in [-0.2, 0) is 9.53 Å². The summed E-state index contributed by atoms with van der Waals surface area (Å²) < 4.78 is 4.54. The average Bonchev–Trinajstić information content (AvgIpc) is 3.09. The number of carbonyl (C=O) groups excluding carboxylic acids is 3. The zero-order valence-electron chi connectivity index (χ0n) is 13.6. The van der Waals surface area contributed by atoms with Crippen molar-refractivity contribution in [1.29, 1.82) is 0 Å². The normalized spacial score (nSPS) is 10.0. The first-order valence-electron chi connectivity index (χ1n) is 7.27. The van der Waals surface area contributed by atoms with Crippen LogP contribution in [0.15, 0.2) is 30.5 Å². The summed E-state index contributed by atoms with van der Waals surface area (Å²) in [6.45, 7) is 0.0664. The number of nitro benzene ring substituents is 1. The number of benzene rings is 1. The molecule has 26 heavy (non-hydrogen) atoms. The van der Waals surface area contributed by atoms with Crippen LogP contribution in [0.1, 0.15) is 26.5 Å². The lowest BCUT2D eigenvalue weighted by Gasteiger charge is -2.05. The van der Waals surface area contributed by atoms with Crippen LogP contribution in [0.2, 0.25) is 0 Å². The highest BCUT2D eigenvalue weighted by Crippen LogP contribution is 2.18. The average molecular weight is 378 g/mol.